The van der Waals surface area contributed by atoms with E-state index in [1.54, 1.807) is 0 Å². The van der Waals surface area contributed by atoms with Crippen LogP contribution in [0.25, 0.3) is 0 Å². The molecule has 10 heavy (non-hydrogen) atoms. The van der Waals surface area contributed by atoms with Crippen LogP contribution in [0.5, 0.6) is 0 Å². The summed E-state index contributed by atoms with van der Waals surface area (Å²) in [6.07, 6.45) is 1.99. The Balaban J connectivity index is 2.62. The van der Waals surface area contributed by atoms with Crippen molar-refractivity contribution in [2.75, 3.05) is 6.61 Å². The van der Waals surface area contributed by atoms with Gasteiger partial charge in [-0.05, 0) is 18.9 Å². The molecule has 0 aromatic heterocycles. The van der Waals surface area contributed by atoms with E-state index in [1.165, 1.54) is 6.08 Å². The average molecular weight is 142 g/mol. The molecule has 56 valence electrons. The highest BCUT2D eigenvalue weighted by molar-refractivity contribution is 5.80. The number of carboxylic acid groups (broad SMARTS) is 1. The largest absolute Gasteiger partial charge is 0.478 e. The standard InChI is InChI=1S/C7H10O3/c1-5-6(2-3-10-5)4-7(8)9/h4-5H,2-3H2,1H3,(H,8,9). The van der Waals surface area contributed by atoms with Crippen LogP contribution in [0, 0.1) is 0 Å². The third kappa shape index (κ3) is 1.57. The van der Waals surface area contributed by atoms with Crippen molar-refractivity contribution in [1.82, 2.24) is 0 Å². The van der Waals surface area contributed by atoms with Gasteiger partial charge in [0.1, 0.15) is 0 Å². The summed E-state index contributed by atoms with van der Waals surface area (Å²) in [5, 5.41) is 8.36. The molecule has 0 spiro atoms. The highest BCUT2D eigenvalue weighted by Crippen LogP contribution is 2.18. The number of ether oxygens (including phenoxy) is 1. The molecule has 0 aromatic carbocycles. The molecule has 1 atom stereocenters. The van der Waals surface area contributed by atoms with Crippen LogP contribution in [0.3, 0.4) is 0 Å². The minimum absolute atomic E-state index is 0.00361. The second kappa shape index (κ2) is 2.84. The van der Waals surface area contributed by atoms with E-state index in [-0.39, 0.29) is 6.10 Å². The molecule has 1 saturated heterocycles. The number of carboxylic acids is 1. The summed E-state index contributed by atoms with van der Waals surface area (Å²) in [7, 11) is 0. The Kier molecular flexibility index (Phi) is 2.06. The Hall–Kier alpha value is -0.830. The van der Waals surface area contributed by atoms with Gasteiger partial charge in [0.05, 0.1) is 12.7 Å². The first-order valence-corrected chi connectivity index (χ1v) is 3.25. The van der Waals surface area contributed by atoms with Gasteiger partial charge in [0, 0.05) is 6.08 Å². The zero-order valence-electron chi connectivity index (χ0n) is 5.83. The van der Waals surface area contributed by atoms with Crippen molar-refractivity contribution in [2.24, 2.45) is 0 Å². The molecule has 0 saturated carbocycles. The van der Waals surface area contributed by atoms with Gasteiger partial charge < -0.3 is 9.84 Å². The summed E-state index contributed by atoms with van der Waals surface area (Å²) in [5.74, 6) is -0.882. The Morgan fingerprint density at radius 2 is 2.60 bits per heavy atom. The van der Waals surface area contributed by atoms with Crippen LogP contribution in [0.4, 0.5) is 0 Å². The fraction of sp³-hybridized carbons (Fsp3) is 0.571. The van der Waals surface area contributed by atoms with E-state index in [1.807, 2.05) is 6.92 Å². The van der Waals surface area contributed by atoms with Gasteiger partial charge in [0.25, 0.3) is 0 Å². The maximum atomic E-state index is 10.2. The predicted molar refractivity (Wildman–Crippen MR) is 35.7 cm³/mol. The Morgan fingerprint density at radius 3 is 3.00 bits per heavy atom. The van der Waals surface area contributed by atoms with Crippen LogP contribution in [-0.4, -0.2) is 23.8 Å². The lowest BCUT2D eigenvalue weighted by molar-refractivity contribution is -0.131. The first kappa shape index (κ1) is 7.28. The topological polar surface area (TPSA) is 46.5 Å². The number of aliphatic carboxylic acids is 1. The molecule has 1 aliphatic rings. The first-order chi connectivity index (χ1) is 4.70. The van der Waals surface area contributed by atoms with E-state index in [9.17, 15) is 4.79 Å². The molecule has 1 aliphatic heterocycles. The second-order valence-electron chi connectivity index (χ2n) is 2.32. The molecule has 1 fully saturated rings. The summed E-state index contributed by atoms with van der Waals surface area (Å²) >= 11 is 0. The van der Waals surface area contributed by atoms with Gasteiger partial charge in [-0.2, -0.15) is 0 Å². The van der Waals surface area contributed by atoms with Gasteiger partial charge in [0.15, 0.2) is 0 Å². The molecule has 0 aromatic rings. The van der Waals surface area contributed by atoms with E-state index in [2.05, 4.69) is 0 Å². The third-order valence-corrected chi connectivity index (χ3v) is 1.59. The van der Waals surface area contributed by atoms with Gasteiger partial charge in [-0.25, -0.2) is 4.79 Å². The van der Waals surface area contributed by atoms with Crippen LogP contribution in [0.15, 0.2) is 11.6 Å². The van der Waals surface area contributed by atoms with Crippen molar-refractivity contribution in [1.29, 1.82) is 0 Å². The van der Waals surface area contributed by atoms with Crippen molar-refractivity contribution in [3.8, 4) is 0 Å². The van der Waals surface area contributed by atoms with E-state index in [0.717, 1.165) is 12.0 Å². The summed E-state index contributed by atoms with van der Waals surface area (Å²) in [6, 6.07) is 0. The van der Waals surface area contributed by atoms with Crippen LogP contribution < -0.4 is 0 Å². The van der Waals surface area contributed by atoms with Crippen molar-refractivity contribution in [2.45, 2.75) is 19.4 Å². The highest BCUT2D eigenvalue weighted by atomic mass is 16.5. The minimum atomic E-state index is -0.882. The molecule has 3 nitrogen and oxygen atoms in total. The molecule has 0 bridgehead atoms. The molecular formula is C7H10O3. The molecule has 1 unspecified atom stereocenters. The molecule has 1 N–H and O–H groups in total. The lowest BCUT2D eigenvalue weighted by atomic mass is 10.1. The van der Waals surface area contributed by atoms with Crippen molar-refractivity contribution in [3.63, 3.8) is 0 Å². The molecule has 3 heteroatoms. The summed E-state index contributed by atoms with van der Waals surface area (Å²) < 4.78 is 5.13. The van der Waals surface area contributed by atoms with Gasteiger partial charge in [0.2, 0.25) is 0 Å². The van der Waals surface area contributed by atoms with Crippen molar-refractivity contribution >= 4 is 5.97 Å². The molecular weight excluding hydrogens is 132 g/mol. The molecule has 0 radical (unpaired) electrons. The molecule has 0 amide bonds. The summed E-state index contributed by atoms with van der Waals surface area (Å²) in [4.78, 5) is 10.2. The van der Waals surface area contributed by atoms with Crippen LogP contribution >= 0.6 is 0 Å². The Bertz CT molecular complexity index is 172. The zero-order chi connectivity index (χ0) is 7.56. The fourth-order valence-electron chi connectivity index (χ4n) is 1.01. The maximum Gasteiger partial charge on any atom is 0.328 e. The molecule has 0 aliphatic carbocycles. The van der Waals surface area contributed by atoms with Crippen molar-refractivity contribution in [3.05, 3.63) is 11.6 Å². The second-order valence-corrected chi connectivity index (χ2v) is 2.32. The predicted octanol–water partition coefficient (Wildman–Crippen LogP) is 0.806. The van der Waals surface area contributed by atoms with Gasteiger partial charge in [-0.1, -0.05) is 0 Å². The lowest BCUT2D eigenvalue weighted by Gasteiger charge is -2.00. The quantitative estimate of drug-likeness (QED) is 0.551. The van der Waals surface area contributed by atoms with Crippen LogP contribution in [0.2, 0.25) is 0 Å². The Labute approximate surface area is 59.3 Å². The summed E-state index contributed by atoms with van der Waals surface area (Å²) in [5.41, 5.74) is 0.882. The number of rotatable bonds is 1. The molecule has 1 rings (SSSR count). The third-order valence-electron chi connectivity index (χ3n) is 1.59. The van der Waals surface area contributed by atoms with E-state index < -0.39 is 5.97 Å². The number of hydrogen-bond acceptors (Lipinski definition) is 2. The normalized spacial score (nSPS) is 29.3. The van der Waals surface area contributed by atoms with Gasteiger partial charge in [-0.15, -0.1) is 0 Å². The van der Waals surface area contributed by atoms with Crippen LogP contribution in [-0.2, 0) is 9.53 Å². The zero-order valence-corrected chi connectivity index (χ0v) is 5.83. The maximum absolute atomic E-state index is 10.2. The van der Waals surface area contributed by atoms with E-state index in [0.29, 0.717) is 6.61 Å². The lowest BCUT2D eigenvalue weighted by Crippen LogP contribution is -2.02. The SMILES string of the molecule is CC1OCCC1=CC(=O)O. The van der Waals surface area contributed by atoms with Gasteiger partial charge in [-0.3, -0.25) is 0 Å². The number of carbonyl (C=O) groups is 1. The van der Waals surface area contributed by atoms with E-state index >= 15 is 0 Å². The van der Waals surface area contributed by atoms with Crippen LogP contribution in [0.1, 0.15) is 13.3 Å². The smallest absolute Gasteiger partial charge is 0.328 e. The average Bonchev–Trinajstić information content (AvgIpc) is 2.15. The number of hydrogen-bond donors (Lipinski definition) is 1. The Morgan fingerprint density at radius 1 is 1.90 bits per heavy atom. The fourth-order valence-corrected chi connectivity index (χ4v) is 1.01. The monoisotopic (exact) mass is 142 g/mol. The molecule has 1 heterocycles. The van der Waals surface area contributed by atoms with Crippen molar-refractivity contribution < 1.29 is 14.6 Å². The summed E-state index contributed by atoms with van der Waals surface area (Å²) in [6.45, 7) is 2.52. The minimum Gasteiger partial charge on any atom is -0.478 e. The van der Waals surface area contributed by atoms with Gasteiger partial charge >= 0.3 is 5.97 Å². The van der Waals surface area contributed by atoms with E-state index in [4.69, 9.17) is 9.84 Å². The first-order valence-electron chi connectivity index (χ1n) is 3.25. The highest BCUT2D eigenvalue weighted by Gasteiger charge is 2.16.